The standard InChI is InChI=1S/C78H57BN2/c1-78(2,3)60-50-73-77-74(51-60)81(70-40-24-22-36-62(70)54-29-13-6-14-30-54)72-49-59(57-41-44-65-66(47-57)76(56-33-17-8-18-34-56)64-38-20-19-37-63(64)75(65)55-31-15-7-16-32-55)42-45-67(72)79(77)68-48-58(52-25-9-4-10-26-52)43-46-71(68)80(73)69-39-23-21-35-61(69)53-27-11-5-12-28-53/h4-51H,1-3H3. The van der Waals surface area contributed by atoms with Gasteiger partial charge in [0.15, 0.2) is 0 Å². The first-order chi connectivity index (χ1) is 39.9. The van der Waals surface area contributed by atoms with E-state index in [-0.39, 0.29) is 12.1 Å². The molecule has 0 aromatic heterocycles. The summed E-state index contributed by atoms with van der Waals surface area (Å²) in [6.45, 7) is 6.97. The second-order valence-electron chi connectivity index (χ2n) is 22.7. The Kier molecular flexibility index (Phi) is 11.6. The van der Waals surface area contributed by atoms with Gasteiger partial charge in [-0.3, -0.25) is 0 Å². The molecular weight excluding hydrogens is 976 g/mol. The van der Waals surface area contributed by atoms with E-state index in [0.29, 0.717) is 0 Å². The molecule has 3 heteroatoms. The Bertz CT molecular complexity index is 4550. The lowest BCUT2D eigenvalue weighted by atomic mass is 9.33. The highest BCUT2D eigenvalue weighted by Crippen LogP contribution is 2.51. The first-order valence-electron chi connectivity index (χ1n) is 28.4. The number of nitrogens with zero attached hydrogens (tertiary/aromatic N) is 2. The van der Waals surface area contributed by atoms with Crippen LogP contribution in [0.3, 0.4) is 0 Å². The normalized spacial score (nSPS) is 12.6. The van der Waals surface area contributed by atoms with Crippen molar-refractivity contribution in [2.75, 3.05) is 9.80 Å². The molecule has 0 radical (unpaired) electrons. The number of hydrogen-bond acceptors (Lipinski definition) is 2. The summed E-state index contributed by atoms with van der Waals surface area (Å²) in [4.78, 5) is 5.21. The fourth-order valence-corrected chi connectivity index (χ4v) is 13.2. The quantitative estimate of drug-likeness (QED) is 0.111. The molecule has 0 saturated heterocycles. The predicted molar refractivity (Wildman–Crippen MR) is 347 cm³/mol. The second kappa shape index (κ2) is 19.4. The number of para-hydroxylation sites is 2. The average Bonchev–Trinajstić information content (AvgIpc) is 2.87. The molecule has 2 nitrogen and oxygen atoms in total. The van der Waals surface area contributed by atoms with Crippen molar-refractivity contribution in [1.29, 1.82) is 0 Å². The van der Waals surface area contributed by atoms with Crippen LogP contribution in [0.1, 0.15) is 26.3 Å². The molecule has 0 unspecified atom stereocenters. The number of anilines is 6. The molecule has 0 amide bonds. The van der Waals surface area contributed by atoms with Crippen molar-refractivity contribution in [3.63, 3.8) is 0 Å². The van der Waals surface area contributed by atoms with E-state index in [2.05, 4.69) is 322 Å². The molecule has 0 bridgehead atoms. The van der Waals surface area contributed by atoms with Gasteiger partial charge in [0.05, 0.1) is 11.4 Å². The van der Waals surface area contributed by atoms with E-state index in [9.17, 15) is 0 Å². The molecule has 15 rings (SSSR count). The molecule has 13 aromatic carbocycles. The van der Waals surface area contributed by atoms with E-state index in [1.165, 1.54) is 127 Å². The molecule has 0 spiro atoms. The Morgan fingerprint density at radius 3 is 1.21 bits per heavy atom. The minimum Gasteiger partial charge on any atom is -0.311 e. The summed E-state index contributed by atoms with van der Waals surface area (Å²) in [5, 5.41) is 4.97. The molecule has 0 atom stereocenters. The van der Waals surface area contributed by atoms with Gasteiger partial charge in [0, 0.05) is 33.9 Å². The summed E-state index contributed by atoms with van der Waals surface area (Å²) >= 11 is 0. The van der Waals surface area contributed by atoms with Crippen LogP contribution in [0, 0.1) is 0 Å². The van der Waals surface area contributed by atoms with Gasteiger partial charge in [-0.15, -0.1) is 0 Å². The lowest BCUT2D eigenvalue weighted by Crippen LogP contribution is -2.61. The van der Waals surface area contributed by atoms with E-state index in [1.54, 1.807) is 0 Å². The summed E-state index contributed by atoms with van der Waals surface area (Å²) < 4.78 is 0. The molecule has 81 heavy (non-hydrogen) atoms. The number of benzene rings is 13. The van der Waals surface area contributed by atoms with Crippen LogP contribution in [0.2, 0.25) is 0 Å². The lowest BCUT2D eigenvalue weighted by Gasteiger charge is -2.46. The first kappa shape index (κ1) is 48.2. The molecule has 2 aliphatic heterocycles. The fourth-order valence-electron chi connectivity index (χ4n) is 13.2. The lowest BCUT2D eigenvalue weighted by molar-refractivity contribution is 0.590. The van der Waals surface area contributed by atoms with Crippen LogP contribution in [0.5, 0.6) is 0 Å². The van der Waals surface area contributed by atoms with E-state index in [0.717, 1.165) is 16.9 Å². The summed E-state index contributed by atoms with van der Waals surface area (Å²) in [5.74, 6) is 0. The number of hydrogen-bond donors (Lipinski definition) is 0. The molecular formula is C78H57BN2. The Morgan fingerprint density at radius 1 is 0.259 bits per heavy atom. The largest absolute Gasteiger partial charge is 0.311 e. The van der Waals surface area contributed by atoms with Crippen LogP contribution < -0.4 is 26.2 Å². The van der Waals surface area contributed by atoms with Crippen LogP contribution in [0.4, 0.5) is 34.1 Å². The van der Waals surface area contributed by atoms with Crippen molar-refractivity contribution in [1.82, 2.24) is 0 Å². The van der Waals surface area contributed by atoms with Crippen molar-refractivity contribution in [3.8, 4) is 66.8 Å². The maximum absolute atomic E-state index is 2.62. The van der Waals surface area contributed by atoms with E-state index in [1.807, 2.05) is 0 Å². The van der Waals surface area contributed by atoms with Gasteiger partial charge < -0.3 is 9.80 Å². The molecule has 0 N–H and O–H groups in total. The summed E-state index contributed by atoms with van der Waals surface area (Å²) in [6.07, 6.45) is 0. The first-order valence-corrected chi connectivity index (χ1v) is 28.4. The zero-order chi connectivity index (χ0) is 54.2. The van der Waals surface area contributed by atoms with Crippen molar-refractivity contribution in [2.45, 2.75) is 26.2 Å². The van der Waals surface area contributed by atoms with Crippen LogP contribution in [0.15, 0.2) is 291 Å². The molecule has 0 saturated carbocycles. The monoisotopic (exact) mass is 1030 g/mol. The molecule has 2 heterocycles. The zero-order valence-electron chi connectivity index (χ0n) is 45.7. The van der Waals surface area contributed by atoms with Gasteiger partial charge >= 0.3 is 0 Å². The Hall–Kier alpha value is -9.96. The summed E-state index contributed by atoms with van der Waals surface area (Å²) in [6, 6.07) is 108. The highest BCUT2D eigenvalue weighted by Gasteiger charge is 2.45. The van der Waals surface area contributed by atoms with Gasteiger partial charge in [-0.05, 0) is 147 Å². The Balaban J connectivity index is 1.04. The van der Waals surface area contributed by atoms with Gasteiger partial charge in [0.1, 0.15) is 0 Å². The van der Waals surface area contributed by atoms with Gasteiger partial charge in [0.25, 0.3) is 6.71 Å². The number of rotatable bonds is 8. The third kappa shape index (κ3) is 8.10. The Morgan fingerprint density at radius 2 is 0.667 bits per heavy atom. The van der Waals surface area contributed by atoms with Gasteiger partial charge in [0.2, 0.25) is 0 Å². The predicted octanol–water partition coefficient (Wildman–Crippen LogP) is 19.4. The van der Waals surface area contributed by atoms with Crippen molar-refractivity contribution < 1.29 is 0 Å². The van der Waals surface area contributed by atoms with Gasteiger partial charge in [-0.25, -0.2) is 0 Å². The maximum Gasteiger partial charge on any atom is 0.252 e. The fraction of sp³-hybridized carbons (Fsp3) is 0.0513. The van der Waals surface area contributed by atoms with Crippen LogP contribution in [0.25, 0.3) is 88.3 Å². The summed E-state index contributed by atoms with van der Waals surface area (Å²) in [5.41, 5.74) is 26.3. The highest BCUT2D eigenvalue weighted by molar-refractivity contribution is 7.00. The average molecular weight is 1030 g/mol. The van der Waals surface area contributed by atoms with Gasteiger partial charge in [-0.2, -0.15) is 0 Å². The SMILES string of the molecule is CC(C)(C)c1cc2c3c(c1)N(c1ccccc1-c1ccccc1)c1cc(-c4ccc5c(-c6ccccc6)c6ccccc6c(-c6ccccc6)c5c4)ccc1B3c1cc(-c3ccccc3)ccc1N2c1ccccc1-c1ccccc1. The minimum absolute atomic E-state index is 0.104. The maximum atomic E-state index is 2.62. The van der Waals surface area contributed by atoms with E-state index >= 15 is 0 Å². The Labute approximate surface area is 475 Å². The third-order valence-corrected chi connectivity index (χ3v) is 17.0. The van der Waals surface area contributed by atoms with E-state index in [4.69, 9.17) is 0 Å². The summed E-state index contributed by atoms with van der Waals surface area (Å²) in [7, 11) is 0. The van der Waals surface area contributed by atoms with E-state index < -0.39 is 0 Å². The minimum atomic E-state index is -0.194. The third-order valence-electron chi connectivity index (χ3n) is 17.0. The number of fused-ring (bicyclic) bond motifs is 6. The van der Waals surface area contributed by atoms with Gasteiger partial charge in [-0.1, -0.05) is 269 Å². The topological polar surface area (TPSA) is 6.48 Å². The molecule has 13 aromatic rings. The van der Waals surface area contributed by atoms with Crippen molar-refractivity contribution in [3.05, 3.63) is 297 Å². The smallest absolute Gasteiger partial charge is 0.252 e. The van der Waals surface area contributed by atoms with Crippen molar-refractivity contribution in [2.24, 2.45) is 0 Å². The highest BCUT2D eigenvalue weighted by atomic mass is 15.2. The zero-order valence-corrected chi connectivity index (χ0v) is 45.7. The van der Waals surface area contributed by atoms with Crippen LogP contribution in [-0.2, 0) is 5.41 Å². The van der Waals surface area contributed by atoms with Crippen molar-refractivity contribution >= 4 is 78.8 Å². The van der Waals surface area contributed by atoms with Crippen LogP contribution >= 0.6 is 0 Å². The van der Waals surface area contributed by atoms with Crippen LogP contribution in [-0.4, -0.2) is 6.71 Å². The molecule has 382 valence electrons. The molecule has 2 aliphatic rings. The molecule has 0 fully saturated rings. The molecule has 0 aliphatic carbocycles. The second-order valence-corrected chi connectivity index (χ2v) is 22.7.